The van der Waals surface area contributed by atoms with Gasteiger partial charge in [0.15, 0.2) is 0 Å². The molecule has 2 heteroatoms. The molecule has 2 rings (SSSR count). The average molecular weight is 229 g/mol. The molecule has 1 aliphatic rings. The van der Waals surface area contributed by atoms with Gasteiger partial charge in [-0.05, 0) is 25.0 Å². The van der Waals surface area contributed by atoms with Crippen molar-refractivity contribution in [3.8, 4) is 0 Å². The topological polar surface area (TPSA) is 12.5 Å². The van der Waals surface area contributed by atoms with Crippen LogP contribution >= 0.6 is 0 Å². The Kier molecular flexibility index (Phi) is 4.39. The zero-order valence-corrected chi connectivity index (χ0v) is 10.3. The molecule has 0 saturated heterocycles. The fourth-order valence-corrected chi connectivity index (χ4v) is 1.83. The molecule has 17 heavy (non-hydrogen) atoms. The van der Waals surface area contributed by atoms with Crippen molar-refractivity contribution in [2.24, 2.45) is 0 Å². The SMILES string of the molecule is CC/C=C\C[C@@H]1C=CCN(c2ccccc2)O1. The van der Waals surface area contributed by atoms with Crippen LogP contribution in [0.15, 0.2) is 54.6 Å². The molecule has 1 heterocycles. The first kappa shape index (κ1) is 11.9. The van der Waals surface area contributed by atoms with Gasteiger partial charge >= 0.3 is 0 Å². The molecule has 2 nitrogen and oxygen atoms in total. The summed E-state index contributed by atoms with van der Waals surface area (Å²) in [6.07, 6.45) is 10.8. The molecule has 0 N–H and O–H groups in total. The van der Waals surface area contributed by atoms with E-state index in [9.17, 15) is 0 Å². The second kappa shape index (κ2) is 6.26. The molecule has 1 aromatic carbocycles. The van der Waals surface area contributed by atoms with Crippen LogP contribution < -0.4 is 5.06 Å². The summed E-state index contributed by atoms with van der Waals surface area (Å²) in [5.74, 6) is 0. The summed E-state index contributed by atoms with van der Waals surface area (Å²) in [5, 5.41) is 1.95. The number of hydrogen-bond acceptors (Lipinski definition) is 2. The Balaban J connectivity index is 1.95. The number of para-hydroxylation sites is 1. The molecule has 1 atom stereocenters. The molecular formula is C15H19NO. The Labute approximate surface area is 103 Å². The Morgan fingerprint density at radius 1 is 1.29 bits per heavy atom. The highest BCUT2D eigenvalue weighted by Crippen LogP contribution is 2.19. The van der Waals surface area contributed by atoms with Crippen LogP contribution in [0.1, 0.15) is 19.8 Å². The maximum atomic E-state index is 5.91. The standard InChI is InChI=1S/C15H19NO/c1-2-3-5-11-15-12-8-13-16(17-15)14-9-6-4-7-10-14/h3-10,12,15H,2,11,13H2,1H3/b5-3-/t15-/m1/s1. The van der Waals surface area contributed by atoms with Gasteiger partial charge in [0.2, 0.25) is 0 Å². The van der Waals surface area contributed by atoms with Crippen LogP contribution in [-0.4, -0.2) is 12.6 Å². The van der Waals surface area contributed by atoms with E-state index in [-0.39, 0.29) is 6.10 Å². The van der Waals surface area contributed by atoms with Crippen LogP contribution in [-0.2, 0) is 4.84 Å². The lowest BCUT2D eigenvalue weighted by Gasteiger charge is -2.29. The maximum Gasteiger partial charge on any atom is 0.107 e. The molecule has 1 aromatic rings. The first-order valence-corrected chi connectivity index (χ1v) is 6.21. The van der Waals surface area contributed by atoms with Gasteiger partial charge in [-0.15, -0.1) is 0 Å². The third-order valence-corrected chi connectivity index (χ3v) is 2.70. The van der Waals surface area contributed by atoms with E-state index in [1.807, 2.05) is 23.3 Å². The number of allylic oxidation sites excluding steroid dienone is 1. The number of benzene rings is 1. The first-order valence-electron chi connectivity index (χ1n) is 6.21. The van der Waals surface area contributed by atoms with E-state index in [2.05, 4.69) is 43.4 Å². The zero-order valence-electron chi connectivity index (χ0n) is 10.3. The monoisotopic (exact) mass is 229 g/mol. The van der Waals surface area contributed by atoms with E-state index in [4.69, 9.17) is 4.84 Å². The summed E-state index contributed by atoms with van der Waals surface area (Å²) in [5.41, 5.74) is 1.11. The van der Waals surface area contributed by atoms with E-state index in [0.717, 1.165) is 25.1 Å². The number of hydrogen-bond donors (Lipinski definition) is 0. The van der Waals surface area contributed by atoms with Gasteiger partial charge in [0.25, 0.3) is 0 Å². The molecule has 0 aliphatic carbocycles. The summed E-state index contributed by atoms with van der Waals surface area (Å²) in [6, 6.07) is 10.2. The summed E-state index contributed by atoms with van der Waals surface area (Å²) in [6.45, 7) is 2.96. The Morgan fingerprint density at radius 3 is 2.88 bits per heavy atom. The summed E-state index contributed by atoms with van der Waals surface area (Å²) in [7, 11) is 0. The lowest BCUT2D eigenvalue weighted by molar-refractivity contribution is 0.0608. The van der Waals surface area contributed by atoms with Gasteiger partial charge in [-0.2, -0.15) is 0 Å². The van der Waals surface area contributed by atoms with Crippen molar-refractivity contribution in [1.29, 1.82) is 0 Å². The number of hydroxylamine groups is 1. The Hall–Kier alpha value is -1.54. The minimum Gasteiger partial charge on any atom is -0.265 e. The van der Waals surface area contributed by atoms with E-state index in [1.165, 1.54) is 0 Å². The third kappa shape index (κ3) is 3.46. The summed E-state index contributed by atoms with van der Waals surface area (Å²) in [4.78, 5) is 5.91. The summed E-state index contributed by atoms with van der Waals surface area (Å²) < 4.78 is 0. The lowest BCUT2D eigenvalue weighted by atomic mass is 10.2. The number of rotatable bonds is 4. The molecule has 0 fully saturated rings. The van der Waals surface area contributed by atoms with E-state index in [0.29, 0.717) is 0 Å². The average Bonchev–Trinajstić information content (AvgIpc) is 2.41. The van der Waals surface area contributed by atoms with Crippen LogP contribution in [0.5, 0.6) is 0 Å². The van der Waals surface area contributed by atoms with E-state index in [1.54, 1.807) is 0 Å². The van der Waals surface area contributed by atoms with Crippen molar-refractivity contribution < 1.29 is 4.84 Å². The fourth-order valence-electron chi connectivity index (χ4n) is 1.83. The van der Waals surface area contributed by atoms with Gasteiger partial charge in [0.1, 0.15) is 6.10 Å². The normalized spacial score (nSPS) is 20.1. The van der Waals surface area contributed by atoms with Crippen LogP contribution in [0.3, 0.4) is 0 Å². The van der Waals surface area contributed by atoms with Crippen LogP contribution in [0, 0.1) is 0 Å². The second-order valence-corrected chi connectivity index (χ2v) is 4.08. The van der Waals surface area contributed by atoms with E-state index < -0.39 is 0 Å². The van der Waals surface area contributed by atoms with Crippen molar-refractivity contribution in [2.45, 2.75) is 25.9 Å². The Morgan fingerprint density at radius 2 is 2.12 bits per heavy atom. The zero-order chi connectivity index (χ0) is 11.9. The van der Waals surface area contributed by atoms with E-state index >= 15 is 0 Å². The smallest absolute Gasteiger partial charge is 0.107 e. The minimum atomic E-state index is 0.159. The predicted octanol–water partition coefficient (Wildman–Crippen LogP) is 3.72. The molecule has 0 aromatic heterocycles. The van der Waals surface area contributed by atoms with Gasteiger partial charge in [-0.1, -0.05) is 49.4 Å². The number of anilines is 1. The van der Waals surface area contributed by atoms with Crippen LogP contribution in [0.2, 0.25) is 0 Å². The molecule has 0 amide bonds. The molecule has 0 saturated carbocycles. The minimum absolute atomic E-state index is 0.159. The van der Waals surface area contributed by atoms with Crippen molar-refractivity contribution in [3.63, 3.8) is 0 Å². The largest absolute Gasteiger partial charge is 0.265 e. The third-order valence-electron chi connectivity index (χ3n) is 2.70. The molecule has 90 valence electrons. The van der Waals surface area contributed by atoms with Crippen molar-refractivity contribution in [1.82, 2.24) is 0 Å². The van der Waals surface area contributed by atoms with Crippen molar-refractivity contribution in [2.75, 3.05) is 11.6 Å². The second-order valence-electron chi connectivity index (χ2n) is 4.08. The summed E-state index contributed by atoms with van der Waals surface area (Å²) >= 11 is 0. The van der Waals surface area contributed by atoms with Gasteiger partial charge in [0.05, 0.1) is 12.2 Å². The van der Waals surface area contributed by atoms with Gasteiger partial charge < -0.3 is 0 Å². The Bertz CT molecular complexity index is 383. The van der Waals surface area contributed by atoms with Crippen molar-refractivity contribution >= 4 is 5.69 Å². The maximum absolute atomic E-state index is 5.91. The molecule has 1 aliphatic heterocycles. The van der Waals surface area contributed by atoms with Gasteiger partial charge in [-0.25, -0.2) is 5.06 Å². The molecule has 0 bridgehead atoms. The quantitative estimate of drug-likeness (QED) is 0.730. The highest BCUT2D eigenvalue weighted by Gasteiger charge is 2.15. The van der Waals surface area contributed by atoms with Gasteiger partial charge in [0, 0.05) is 0 Å². The lowest BCUT2D eigenvalue weighted by Crippen LogP contribution is -2.32. The predicted molar refractivity (Wildman–Crippen MR) is 71.8 cm³/mol. The molecular weight excluding hydrogens is 210 g/mol. The fraction of sp³-hybridized carbons (Fsp3) is 0.333. The van der Waals surface area contributed by atoms with Crippen molar-refractivity contribution in [3.05, 3.63) is 54.6 Å². The number of nitrogens with zero attached hydrogens (tertiary/aromatic N) is 1. The van der Waals surface area contributed by atoms with Crippen LogP contribution in [0.4, 0.5) is 5.69 Å². The molecule has 0 unspecified atom stereocenters. The molecule has 0 spiro atoms. The molecule has 0 radical (unpaired) electrons. The highest BCUT2D eigenvalue weighted by atomic mass is 16.7. The highest BCUT2D eigenvalue weighted by molar-refractivity contribution is 5.44. The first-order chi connectivity index (χ1) is 8.40. The van der Waals surface area contributed by atoms with Gasteiger partial charge in [-0.3, -0.25) is 4.84 Å². The van der Waals surface area contributed by atoms with Crippen LogP contribution in [0.25, 0.3) is 0 Å².